The summed E-state index contributed by atoms with van der Waals surface area (Å²) in [4.78, 5) is 26.7. The number of aryl methyl sites for hydroxylation is 1. The highest BCUT2D eigenvalue weighted by Gasteiger charge is 2.09. The maximum Gasteiger partial charge on any atom is 0.303 e. The Morgan fingerprint density at radius 2 is 1.96 bits per heavy atom. The van der Waals surface area contributed by atoms with Crippen LogP contribution in [0.15, 0.2) is 24.3 Å². The van der Waals surface area contributed by atoms with Gasteiger partial charge < -0.3 is 15.0 Å². The first-order valence-electron chi connectivity index (χ1n) is 8.04. The zero-order valence-corrected chi connectivity index (χ0v) is 13.4. The molecule has 0 fully saturated rings. The van der Waals surface area contributed by atoms with Crippen molar-refractivity contribution >= 4 is 22.9 Å². The minimum absolute atomic E-state index is 0.0328. The van der Waals surface area contributed by atoms with Gasteiger partial charge in [-0.1, -0.05) is 12.1 Å². The van der Waals surface area contributed by atoms with Gasteiger partial charge in [-0.25, -0.2) is 4.98 Å². The normalized spacial score (nSPS) is 10.8. The number of hydrogen-bond acceptors (Lipinski definition) is 3. The minimum atomic E-state index is -0.816. The van der Waals surface area contributed by atoms with E-state index in [1.54, 1.807) is 0 Å². The van der Waals surface area contributed by atoms with Gasteiger partial charge in [-0.15, -0.1) is 0 Å². The molecule has 0 unspecified atom stereocenters. The summed E-state index contributed by atoms with van der Waals surface area (Å²) in [6.07, 6.45) is 2.31. The van der Waals surface area contributed by atoms with E-state index in [1.807, 2.05) is 18.2 Å². The molecular formula is C17H23N3O3. The third-order valence-corrected chi connectivity index (χ3v) is 3.77. The Morgan fingerprint density at radius 3 is 2.70 bits per heavy atom. The van der Waals surface area contributed by atoms with Crippen LogP contribution in [-0.2, 0) is 22.6 Å². The lowest BCUT2D eigenvalue weighted by atomic mass is 10.2. The molecule has 0 atom stereocenters. The highest BCUT2D eigenvalue weighted by Crippen LogP contribution is 2.16. The van der Waals surface area contributed by atoms with Gasteiger partial charge in [-0.2, -0.15) is 0 Å². The summed E-state index contributed by atoms with van der Waals surface area (Å²) in [5.41, 5.74) is 2.09. The first-order chi connectivity index (χ1) is 11.1. The van der Waals surface area contributed by atoms with Crippen molar-refractivity contribution in [3.05, 3.63) is 30.1 Å². The molecular weight excluding hydrogens is 294 g/mol. The molecule has 2 aromatic rings. The molecule has 6 nitrogen and oxygen atoms in total. The van der Waals surface area contributed by atoms with Crippen molar-refractivity contribution in [1.29, 1.82) is 0 Å². The van der Waals surface area contributed by atoms with Crippen LogP contribution in [0.3, 0.4) is 0 Å². The van der Waals surface area contributed by atoms with Crippen LogP contribution >= 0.6 is 0 Å². The molecule has 2 rings (SSSR count). The van der Waals surface area contributed by atoms with Gasteiger partial charge in [0.15, 0.2) is 0 Å². The van der Waals surface area contributed by atoms with Gasteiger partial charge in [0.05, 0.1) is 11.0 Å². The number of nitrogens with one attached hydrogen (secondary N) is 1. The van der Waals surface area contributed by atoms with E-state index in [-0.39, 0.29) is 12.3 Å². The molecule has 0 saturated carbocycles. The SMILES string of the molecule is CCn1c(CCNC(=O)CCCCC(=O)O)nc2ccccc21. The maximum absolute atomic E-state index is 11.7. The molecule has 6 heteroatoms. The van der Waals surface area contributed by atoms with E-state index in [0.717, 1.165) is 23.4 Å². The Hall–Kier alpha value is -2.37. The Kier molecular flexibility index (Phi) is 6.14. The number of para-hydroxylation sites is 2. The maximum atomic E-state index is 11.7. The first-order valence-corrected chi connectivity index (χ1v) is 8.04. The standard InChI is InChI=1S/C17H23N3O3/c1-2-20-14-8-4-3-7-13(14)19-15(20)11-12-18-16(21)9-5-6-10-17(22)23/h3-4,7-8H,2,5-6,9-12H2,1H3,(H,18,21)(H,22,23). The predicted molar refractivity (Wildman–Crippen MR) is 88.2 cm³/mol. The second-order valence-electron chi connectivity index (χ2n) is 5.46. The second kappa shape index (κ2) is 8.31. The van der Waals surface area contributed by atoms with Crippen LogP contribution in [0.4, 0.5) is 0 Å². The van der Waals surface area contributed by atoms with Crippen molar-refractivity contribution in [2.24, 2.45) is 0 Å². The average molecular weight is 317 g/mol. The lowest BCUT2D eigenvalue weighted by Crippen LogP contribution is -2.26. The van der Waals surface area contributed by atoms with Crippen LogP contribution < -0.4 is 5.32 Å². The summed E-state index contributed by atoms with van der Waals surface area (Å²) in [6, 6.07) is 8.01. The zero-order valence-electron chi connectivity index (χ0n) is 13.4. The van der Waals surface area contributed by atoms with Crippen LogP contribution in [0, 0.1) is 0 Å². The van der Waals surface area contributed by atoms with E-state index in [0.29, 0.717) is 32.2 Å². The smallest absolute Gasteiger partial charge is 0.303 e. The number of aromatic nitrogens is 2. The van der Waals surface area contributed by atoms with Gasteiger partial charge in [-0.05, 0) is 31.9 Å². The Bertz CT molecular complexity index is 679. The van der Waals surface area contributed by atoms with E-state index in [4.69, 9.17) is 5.11 Å². The summed E-state index contributed by atoms with van der Waals surface area (Å²) >= 11 is 0. The highest BCUT2D eigenvalue weighted by molar-refractivity contribution is 5.76. The molecule has 2 N–H and O–H groups in total. The summed E-state index contributed by atoms with van der Waals surface area (Å²) in [6.45, 7) is 3.47. The number of aliphatic carboxylic acids is 1. The molecule has 1 aromatic carbocycles. The van der Waals surface area contributed by atoms with E-state index in [1.165, 1.54) is 0 Å². The van der Waals surface area contributed by atoms with Crippen molar-refractivity contribution in [3.63, 3.8) is 0 Å². The third kappa shape index (κ3) is 4.81. The van der Waals surface area contributed by atoms with Gasteiger partial charge in [0.1, 0.15) is 5.82 Å². The Morgan fingerprint density at radius 1 is 1.22 bits per heavy atom. The summed E-state index contributed by atoms with van der Waals surface area (Å²) in [7, 11) is 0. The fraction of sp³-hybridized carbons (Fsp3) is 0.471. The van der Waals surface area contributed by atoms with E-state index < -0.39 is 5.97 Å². The van der Waals surface area contributed by atoms with Crippen LogP contribution in [0.1, 0.15) is 38.4 Å². The predicted octanol–water partition coefficient (Wildman–Crippen LogP) is 2.36. The molecule has 0 aliphatic heterocycles. The van der Waals surface area contributed by atoms with Crippen molar-refractivity contribution in [2.45, 2.75) is 45.6 Å². The second-order valence-corrected chi connectivity index (χ2v) is 5.46. The summed E-state index contributed by atoms with van der Waals surface area (Å²) in [5.74, 6) is 0.123. The molecule has 0 bridgehead atoms. The van der Waals surface area contributed by atoms with Crippen LogP contribution in [0.25, 0.3) is 11.0 Å². The third-order valence-electron chi connectivity index (χ3n) is 3.77. The fourth-order valence-corrected chi connectivity index (χ4v) is 2.63. The van der Waals surface area contributed by atoms with Crippen molar-refractivity contribution in [3.8, 4) is 0 Å². The van der Waals surface area contributed by atoms with Crippen molar-refractivity contribution in [1.82, 2.24) is 14.9 Å². The van der Waals surface area contributed by atoms with Gasteiger partial charge in [0, 0.05) is 32.4 Å². The summed E-state index contributed by atoms with van der Waals surface area (Å²) < 4.78 is 2.16. The average Bonchev–Trinajstić information content (AvgIpc) is 2.88. The topological polar surface area (TPSA) is 84.2 Å². The van der Waals surface area contributed by atoms with Crippen LogP contribution in [0.2, 0.25) is 0 Å². The highest BCUT2D eigenvalue weighted by atomic mass is 16.4. The monoisotopic (exact) mass is 317 g/mol. The number of carbonyl (C=O) groups is 2. The first kappa shape index (κ1) is 17.0. The minimum Gasteiger partial charge on any atom is -0.481 e. The number of fused-ring (bicyclic) bond motifs is 1. The van der Waals surface area contributed by atoms with Gasteiger partial charge in [0.25, 0.3) is 0 Å². The largest absolute Gasteiger partial charge is 0.481 e. The molecule has 0 saturated heterocycles. The van der Waals surface area contributed by atoms with Crippen LogP contribution in [0.5, 0.6) is 0 Å². The molecule has 1 amide bonds. The Balaban J connectivity index is 1.80. The Labute approximate surface area is 135 Å². The van der Waals surface area contributed by atoms with Gasteiger partial charge in [0.2, 0.25) is 5.91 Å². The van der Waals surface area contributed by atoms with Gasteiger partial charge in [-0.3, -0.25) is 9.59 Å². The van der Waals surface area contributed by atoms with Crippen molar-refractivity contribution < 1.29 is 14.7 Å². The number of imidazole rings is 1. The number of carboxylic acid groups (broad SMARTS) is 1. The molecule has 0 aliphatic carbocycles. The van der Waals surface area contributed by atoms with Crippen molar-refractivity contribution in [2.75, 3.05) is 6.54 Å². The van der Waals surface area contributed by atoms with Crippen LogP contribution in [-0.4, -0.2) is 33.1 Å². The number of benzene rings is 1. The number of hydrogen-bond donors (Lipinski definition) is 2. The van der Waals surface area contributed by atoms with E-state index >= 15 is 0 Å². The number of nitrogens with zero attached hydrogens (tertiary/aromatic N) is 2. The quantitative estimate of drug-likeness (QED) is 0.695. The molecule has 0 spiro atoms. The fourth-order valence-electron chi connectivity index (χ4n) is 2.63. The summed E-state index contributed by atoms with van der Waals surface area (Å²) in [5, 5.41) is 11.4. The number of carboxylic acids is 1. The lowest BCUT2D eigenvalue weighted by Gasteiger charge is -2.07. The molecule has 23 heavy (non-hydrogen) atoms. The van der Waals surface area contributed by atoms with E-state index in [9.17, 15) is 9.59 Å². The number of carbonyl (C=O) groups excluding carboxylic acids is 1. The lowest BCUT2D eigenvalue weighted by molar-refractivity contribution is -0.137. The molecule has 0 aliphatic rings. The number of unbranched alkanes of at least 4 members (excludes halogenated alkanes) is 1. The van der Waals surface area contributed by atoms with Gasteiger partial charge >= 0.3 is 5.97 Å². The molecule has 1 heterocycles. The van der Waals surface area contributed by atoms with E-state index in [2.05, 4.69) is 27.9 Å². The molecule has 1 aromatic heterocycles. The molecule has 124 valence electrons. The zero-order chi connectivity index (χ0) is 16.7. The number of rotatable bonds is 9. The number of amides is 1. The molecule has 0 radical (unpaired) electrons.